The van der Waals surface area contributed by atoms with Gasteiger partial charge in [0.05, 0.1) is 9.79 Å². The molecule has 4 aromatic carbocycles. The molecule has 12 nitrogen and oxygen atoms in total. The molecule has 274 valence electrons. The first-order chi connectivity index (χ1) is 24.5. The van der Waals surface area contributed by atoms with Crippen molar-refractivity contribution in [2.45, 2.75) is 41.6 Å². The average Bonchev–Trinajstić information content (AvgIpc) is 3.10. The number of benzene rings is 4. The monoisotopic (exact) mass is 810 g/mol. The summed E-state index contributed by atoms with van der Waals surface area (Å²) in [5, 5.41) is 10.1. The van der Waals surface area contributed by atoms with E-state index < -0.39 is 35.2 Å². The molecule has 1 aliphatic rings. The molecule has 0 heterocycles. The van der Waals surface area contributed by atoms with Gasteiger partial charge in [0.25, 0.3) is 20.2 Å². The molecule has 0 spiro atoms. The van der Waals surface area contributed by atoms with Crippen molar-refractivity contribution in [3.8, 4) is 5.75 Å². The van der Waals surface area contributed by atoms with Gasteiger partial charge in [-0.15, -0.1) is 0 Å². The number of phenols is 1. The summed E-state index contributed by atoms with van der Waals surface area (Å²) < 4.78 is 105. The van der Waals surface area contributed by atoms with E-state index >= 15 is 0 Å². The Labute approximate surface area is 360 Å². The molecule has 4 aromatic rings. The Morgan fingerprint density at radius 3 is 1.87 bits per heavy atom. The van der Waals surface area contributed by atoms with E-state index in [2.05, 4.69) is 0 Å². The number of phenolic OH excluding ortho intramolecular Hbond substituents is 1. The largest absolute Gasteiger partial charge is 0.744 e. The Morgan fingerprint density at radius 1 is 0.722 bits per heavy atom. The molecule has 0 saturated heterocycles. The van der Waals surface area contributed by atoms with Crippen molar-refractivity contribution in [1.29, 1.82) is 0 Å². The number of allylic oxidation sites excluding steroid dienone is 5. The summed E-state index contributed by atoms with van der Waals surface area (Å²) in [5.41, 5.74) is 4.53. The zero-order valence-electron chi connectivity index (χ0n) is 30.1. The summed E-state index contributed by atoms with van der Waals surface area (Å²) in [5.74, 6) is -0.356. The van der Waals surface area contributed by atoms with Crippen LogP contribution in [0, 0.1) is 0 Å². The molecule has 5 rings (SSSR count). The summed E-state index contributed by atoms with van der Waals surface area (Å²) in [7, 11) is -13.8. The topological polar surface area (TPSA) is 192 Å². The maximum absolute atomic E-state index is 12.6. The second kappa shape index (κ2) is 18.8. The summed E-state index contributed by atoms with van der Waals surface area (Å²) >= 11 is 0. The molecule has 0 saturated carbocycles. The predicted octanol–water partition coefficient (Wildman–Crippen LogP) is 4.66. The molecule has 0 amide bonds. The van der Waals surface area contributed by atoms with Gasteiger partial charge >= 0.3 is 0 Å². The van der Waals surface area contributed by atoms with Crippen molar-refractivity contribution in [3.05, 3.63) is 143 Å². The quantitative estimate of drug-likeness (QED) is 0.103. The molecule has 0 unspecified atom stereocenters. The fourth-order valence-electron chi connectivity index (χ4n) is 5.90. The van der Waals surface area contributed by atoms with Crippen LogP contribution in [0.2, 0.25) is 0 Å². The second-order valence-electron chi connectivity index (χ2n) is 11.9. The Balaban J connectivity index is 0.00000392. The molecule has 0 aromatic heterocycles. The van der Waals surface area contributed by atoms with Crippen molar-refractivity contribution >= 4 is 106 Å². The Kier molecular flexibility index (Phi) is 15.9. The third kappa shape index (κ3) is 11.3. The first-order valence-corrected chi connectivity index (χ1v) is 20.3. The van der Waals surface area contributed by atoms with E-state index in [0.29, 0.717) is 54.0 Å². The minimum Gasteiger partial charge on any atom is -0.744 e. The van der Waals surface area contributed by atoms with Crippen LogP contribution < -0.4 is 4.90 Å². The van der Waals surface area contributed by atoms with Crippen molar-refractivity contribution in [2.24, 2.45) is 0 Å². The standard InChI is InChI=1S/C37H36N2O10S3.2Na/c1-3-38(24-26-7-5-9-33(21-26)50(41,42)43)30-15-11-28(12-16-30)37(35-20-19-32(40)23-36(35)52(47,48)49)29-13-17-31(18-14-29)39(4-2)25-27-8-6-10-34(22-27)51(44,45)46;;/h5-23H,3-4,24-25H2,1-2H3,(H3,41,42,43,44,45,46,47,48,49);;. The van der Waals surface area contributed by atoms with Gasteiger partial charge in [0.1, 0.15) is 27.3 Å². The summed E-state index contributed by atoms with van der Waals surface area (Å²) in [4.78, 5) is 0.937. The molecule has 0 bridgehead atoms. The Bertz CT molecular complexity index is 2460. The molecule has 17 heteroatoms. The molecule has 54 heavy (non-hydrogen) atoms. The van der Waals surface area contributed by atoms with Gasteiger partial charge in [0, 0.05) is 107 Å². The number of aromatic hydroxyl groups is 1. The summed E-state index contributed by atoms with van der Waals surface area (Å²) in [6.45, 7) is 5.55. The zero-order chi connectivity index (χ0) is 37.8. The molecule has 0 fully saturated rings. The van der Waals surface area contributed by atoms with Crippen LogP contribution in [0.5, 0.6) is 5.75 Å². The van der Waals surface area contributed by atoms with Gasteiger partial charge in [-0.3, -0.25) is 9.11 Å². The van der Waals surface area contributed by atoms with E-state index in [9.17, 15) is 44.0 Å². The smallest absolute Gasteiger partial charge is 0.295 e. The van der Waals surface area contributed by atoms with Crippen LogP contribution in [0.3, 0.4) is 0 Å². The van der Waals surface area contributed by atoms with Gasteiger partial charge in [0.15, 0.2) is 12.3 Å². The Morgan fingerprint density at radius 2 is 1.31 bits per heavy atom. The average molecular weight is 811 g/mol. The number of nitrogens with zero attached hydrogens (tertiary/aromatic N) is 2. The van der Waals surface area contributed by atoms with Gasteiger partial charge in [0.2, 0.25) is 0 Å². The SMILES string of the molecule is CCN(Cc1cccc(S(=O)(=O)[O-])c1)c1ccc(C(=C2C=CC(=[N+](CC)Cc3cccc(S(=O)(=O)O)c3)C=C2)c2ccc(O)cc2S(=O)(=O)O)cc1.[Na].[Na]. The molecule has 3 N–H and O–H groups in total. The van der Waals surface area contributed by atoms with E-state index in [1.807, 2.05) is 47.6 Å². The van der Waals surface area contributed by atoms with Gasteiger partial charge in [-0.25, -0.2) is 13.0 Å². The molecular weight excluding hydrogens is 775 g/mol. The number of hydrogen-bond acceptors (Lipinski definition) is 9. The third-order valence-electron chi connectivity index (χ3n) is 8.45. The van der Waals surface area contributed by atoms with Gasteiger partial charge in [-0.2, -0.15) is 16.8 Å². The molecular formula is C37H36N2Na2O10S3. The normalized spacial score (nSPS) is 12.8. The van der Waals surface area contributed by atoms with Crippen molar-refractivity contribution in [3.63, 3.8) is 0 Å². The molecule has 1 aliphatic carbocycles. The van der Waals surface area contributed by atoms with Crippen LogP contribution in [-0.2, 0) is 43.4 Å². The number of anilines is 1. The van der Waals surface area contributed by atoms with Crippen LogP contribution in [-0.4, -0.2) is 127 Å². The van der Waals surface area contributed by atoms with Crippen molar-refractivity contribution in [2.75, 3.05) is 18.0 Å². The van der Waals surface area contributed by atoms with Gasteiger partial charge < -0.3 is 14.6 Å². The second-order valence-corrected chi connectivity index (χ2v) is 16.1. The van der Waals surface area contributed by atoms with E-state index in [1.165, 1.54) is 42.5 Å². The third-order valence-corrected chi connectivity index (χ3v) is 11.0. The van der Waals surface area contributed by atoms with Gasteiger partial charge in [-0.05, 0) is 96.8 Å². The maximum Gasteiger partial charge on any atom is 0.295 e. The van der Waals surface area contributed by atoms with Crippen LogP contribution in [0.4, 0.5) is 5.69 Å². The van der Waals surface area contributed by atoms with Crippen LogP contribution in [0.15, 0.2) is 136 Å². The predicted molar refractivity (Wildman–Crippen MR) is 207 cm³/mol. The van der Waals surface area contributed by atoms with E-state index in [-0.39, 0.29) is 80.2 Å². The number of rotatable bonds is 12. The number of hydrogen-bond donors (Lipinski definition) is 3. The fourth-order valence-corrected chi connectivity index (χ4v) is 7.71. The van der Waals surface area contributed by atoms with Crippen molar-refractivity contribution in [1.82, 2.24) is 0 Å². The molecule has 0 atom stereocenters. The molecule has 0 aliphatic heterocycles. The summed E-state index contributed by atoms with van der Waals surface area (Å²) in [6, 6.07) is 22.7. The van der Waals surface area contributed by atoms with E-state index in [4.69, 9.17) is 0 Å². The van der Waals surface area contributed by atoms with Gasteiger partial charge in [-0.1, -0.05) is 36.4 Å². The zero-order valence-corrected chi connectivity index (χ0v) is 36.6. The van der Waals surface area contributed by atoms with Crippen LogP contribution in [0.1, 0.15) is 36.1 Å². The maximum atomic E-state index is 12.6. The van der Waals surface area contributed by atoms with Crippen molar-refractivity contribution < 1.29 is 48.6 Å². The Hall–Kier alpha value is -2.90. The van der Waals surface area contributed by atoms with Crippen LogP contribution >= 0.6 is 0 Å². The van der Waals surface area contributed by atoms with E-state index in [0.717, 1.165) is 17.5 Å². The van der Waals surface area contributed by atoms with Crippen LogP contribution in [0.25, 0.3) is 5.57 Å². The minimum absolute atomic E-state index is 0. The molecule has 2 radical (unpaired) electrons. The minimum atomic E-state index is -4.79. The summed E-state index contributed by atoms with van der Waals surface area (Å²) in [6.07, 6.45) is 7.21. The fraction of sp³-hybridized carbons (Fsp3) is 0.162. The van der Waals surface area contributed by atoms with E-state index in [1.54, 1.807) is 42.5 Å². The first-order valence-electron chi connectivity index (χ1n) is 16.0. The first kappa shape index (κ1) is 45.5.